The highest BCUT2D eigenvalue weighted by molar-refractivity contribution is 5.77. The third kappa shape index (κ3) is 6.79. The minimum Gasteiger partial charge on any atom is -0.465 e. The standard InChI is InChI=1S/C19H30O2/c1-5-6-7-8-13-21-19(20)16(4)18-11-9-17(10-12-18)14-15(2)3/h9-12,15-16H,5-8,13-14H2,1-4H3/t16-/m1/s1. The van der Waals surface area contributed by atoms with E-state index in [1.54, 1.807) is 0 Å². The predicted octanol–water partition coefficient (Wildman–Crippen LogP) is 5.11. The second-order valence-corrected chi connectivity index (χ2v) is 6.29. The molecule has 0 spiro atoms. The molecule has 0 N–H and O–H groups in total. The molecule has 2 nitrogen and oxygen atoms in total. The molecule has 0 saturated heterocycles. The Hall–Kier alpha value is -1.31. The third-order valence-corrected chi connectivity index (χ3v) is 3.72. The molecule has 0 aliphatic heterocycles. The van der Waals surface area contributed by atoms with Gasteiger partial charge >= 0.3 is 5.97 Å². The Kier molecular flexibility index (Phi) is 8.11. The molecule has 21 heavy (non-hydrogen) atoms. The molecule has 0 aromatic heterocycles. The first kappa shape index (κ1) is 17.7. The summed E-state index contributed by atoms with van der Waals surface area (Å²) in [6, 6.07) is 8.36. The maximum Gasteiger partial charge on any atom is 0.313 e. The number of carbonyl (C=O) groups is 1. The average Bonchev–Trinajstić information content (AvgIpc) is 2.46. The van der Waals surface area contributed by atoms with Gasteiger partial charge in [0.2, 0.25) is 0 Å². The topological polar surface area (TPSA) is 26.3 Å². The van der Waals surface area contributed by atoms with E-state index in [1.165, 1.54) is 18.4 Å². The SMILES string of the molecule is CCCCCCOC(=O)[C@H](C)c1ccc(CC(C)C)cc1. The maximum atomic E-state index is 12.0. The highest BCUT2D eigenvalue weighted by Crippen LogP contribution is 2.19. The number of hydrogen-bond acceptors (Lipinski definition) is 2. The number of carbonyl (C=O) groups excluding carboxylic acids is 1. The molecule has 2 heteroatoms. The molecule has 0 heterocycles. The molecule has 0 aliphatic rings. The molecule has 1 aromatic rings. The Balaban J connectivity index is 2.42. The van der Waals surface area contributed by atoms with Crippen molar-refractivity contribution >= 4 is 5.97 Å². The molecule has 118 valence electrons. The van der Waals surface area contributed by atoms with E-state index in [0.29, 0.717) is 12.5 Å². The summed E-state index contributed by atoms with van der Waals surface area (Å²) in [6.07, 6.45) is 5.61. The van der Waals surface area contributed by atoms with Crippen LogP contribution in [-0.2, 0) is 16.0 Å². The summed E-state index contributed by atoms with van der Waals surface area (Å²) in [5.41, 5.74) is 2.37. The van der Waals surface area contributed by atoms with Gasteiger partial charge in [0.1, 0.15) is 0 Å². The van der Waals surface area contributed by atoms with Crippen LogP contribution in [-0.4, -0.2) is 12.6 Å². The highest BCUT2D eigenvalue weighted by atomic mass is 16.5. The first-order valence-corrected chi connectivity index (χ1v) is 8.30. The van der Waals surface area contributed by atoms with E-state index in [9.17, 15) is 4.79 Å². The number of rotatable bonds is 9. The van der Waals surface area contributed by atoms with Gasteiger partial charge in [-0.3, -0.25) is 4.79 Å². The molecule has 0 unspecified atom stereocenters. The monoisotopic (exact) mass is 290 g/mol. The molecule has 1 atom stereocenters. The molecule has 0 saturated carbocycles. The molecular formula is C19H30O2. The van der Waals surface area contributed by atoms with Crippen LogP contribution in [0.3, 0.4) is 0 Å². The van der Waals surface area contributed by atoms with Crippen LogP contribution in [0.2, 0.25) is 0 Å². The Labute approximate surface area is 129 Å². The zero-order valence-corrected chi connectivity index (χ0v) is 14.0. The average molecular weight is 290 g/mol. The summed E-state index contributed by atoms with van der Waals surface area (Å²) < 4.78 is 5.36. The lowest BCUT2D eigenvalue weighted by Crippen LogP contribution is -2.14. The van der Waals surface area contributed by atoms with E-state index >= 15 is 0 Å². The smallest absolute Gasteiger partial charge is 0.313 e. The quantitative estimate of drug-likeness (QED) is 0.466. The Morgan fingerprint density at radius 2 is 1.71 bits per heavy atom. The molecular weight excluding hydrogens is 260 g/mol. The zero-order chi connectivity index (χ0) is 15.7. The van der Waals surface area contributed by atoms with Gasteiger partial charge in [-0.05, 0) is 36.8 Å². The summed E-state index contributed by atoms with van der Waals surface area (Å²) >= 11 is 0. The number of ether oxygens (including phenoxy) is 1. The maximum absolute atomic E-state index is 12.0. The molecule has 1 aromatic carbocycles. The van der Waals surface area contributed by atoms with Crippen molar-refractivity contribution in [2.45, 2.75) is 65.7 Å². The first-order valence-electron chi connectivity index (χ1n) is 8.30. The fourth-order valence-electron chi connectivity index (χ4n) is 2.38. The Morgan fingerprint density at radius 3 is 2.29 bits per heavy atom. The molecule has 0 aliphatic carbocycles. The molecule has 0 amide bonds. The van der Waals surface area contributed by atoms with Crippen LogP contribution in [0.25, 0.3) is 0 Å². The highest BCUT2D eigenvalue weighted by Gasteiger charge is 2.16. The van der Waals surface area contributed by atoms with Crippen LogP contribution < -0.4 is 0 Å². The van der Waals surface area contributed by atoms with Crippen LogP contribution in [0, 0.1) is 5.92 Å². The van der Waals surface area contributed by atoms with Crippen molar-refractivity contribution in [3.8, 4) is 0 Å². The van der Waals surface area contributed by atoms with E-state index in [1.807, 2.05) is 6.92 Å². The van der Waals surface area contributed by atoms with Crippen LogP contribution in [0.15, 0.2) is 24.3 Å². The number of unbranched alkanes of at least 4 members (excludes halogenated alkanes) is 3. The largest absolute Gasteiger partial charge is 0.465 e. The number of hydrogen-bond donors (Lipinski definition) is 0. The van der Waals surface area contributed by atoms with E-state index in [2.05, 4.69) is 45.0 Å². The lowest BCUT2D eigenvalue weighted by atomic mass is 9.97. The van der Waals surface area contributed by atoms with E-state index in [-0.39, 0.29) is 11.9 Å². The summed E-state index contributed by atoms with van der Waals surface area (Å²) in [6.45, 7) is 9.08. The van der Waals surface area contributed by atoms with Gasteiger partial charge < -0.3 is 4.74 Å². The van der Waals surface area contributed by atoms with Crippen molar-refractivity contribution in [1.29, 1.82) is 0 Å². The molecule has 0 fully saturated rings. The normalized spacial score (nSPS) is 12.4. The summed E-state index contributed by atoms with van der Waals surface area (Å²) in [7, 11) is 0. The molecule has 1 rings (SSSR count). The molecule has 0 bridgehead atoms. The van der Waals surface area contributed by atoms with Crippen molar-refractivity contribution in [2.75, 3.05) is 6.61 Å². The van der Waals surface area contributed by atoms with Gasteiger partial charge in [-0.1, -0.05) is 64.3 Å². The minimum absolute atomic E-state index is 0.108. The zero-order valence-electron chi connectivity index (χ0n) is 14.0. The van der Waals surface area contributed by atoms with Crippen molar-refractivity contribution < 1.29 is 9.53 Å². The Morgan fingerprint density at radius 1 is 1.05 bits per heavy atom. The van der Waals surface area contributed by atoms with Crippen LogP contribution in [0.5, 0.6) is 0 Å². The minimum atomic E-state index is -0.177. The van der Waals surface area contributed by atoms with Gasteiger partial charge in [0, 0.05) is 0 Å². The van der Waals surface area contributed by atoms with Gasteiger partial charge in [0.25, 0.3) is 0 Å². The fraction of sp³-hybridized carbons (Fsp3) is 0.632. The first-order chi connectivity index (χ1) is 10.0. The fourth-order valence-corrected chi connectivity index (χ4v) is 2.38. The lowest BCUT2D eigenvalue weighted by Gasteiger charge is -2.13. The van der Waals surface area contributed by atoms with Crippen LogP contribution in [0.4, 0.5) is 0 Å². The van der Waals surface area contributed by atoms with E-state index in [0.717, 1.165) is 24.8 Å². The number of benzene rings is 1. The van der Waals surface area contributed by atoms with Gasteiger partial charge in [-0.15, -0.1) is 0 Å². The van der Waals surface area contributed by atoms with Crippen molar-refractivity contribution in [1.82, 2.24) is 0 Å². The van der Waals surface area contributed by atoms with Gasteiger partial charge in [-0.25, -0.2) is 0 Å². The lowest BCUT2D eigenvalue weighted by molar-refractivity contribution is -0.145. The van der Waals surface area contributed by atoms with Crippen molar-refractivity contribution in [2.24, 2.45) is 5.92 Å². The summed E-state index contributed by atoms with van der Waals surface area (Å²) in [4.78, 5) is 12.0. The van der Waals surface area contributed by atoms with Crippen molar-refractivity contribution in [3.05, 3.63) is 35.4 Å². The number of esters is 1. The van der Waals surface area contributed by atoms with Gasteiger partial charge in [0.15, 0.2) is 0 Å². The predicted molar refractivity (Wildman–Crippen MR) is 88.5 cm³/mol. The van der Waals surface area contributed by atoms with Crippen LogP contribution in [0.1, 0.15) is 70.4 Å². The summed E-state index contributed by atoms with van der Waals surface area (Å²) in [5, 5.41) is 0. The van der Waals surface area contributed by atoms with Crippen LogP contribution >= 0.6 is 0 Å². The second-order valence-electron chi connectivity index (χ2n) is 6.29. The molecule has 0 radical (unpaired) electrons. The third-order valence-electron chi connectivity index (χ3n) is 3.72. The van der Waals surface area contributed by atoms with Gasteiger partial charge in [0.05, 0.1) is 12.5 Å². The van der Waals surface area contributed by atoms with Crippen molar-refractivity contribution in [3.63, 3.8) is 0 Å². The van der Waals surface area contributed by atoms with Gasteiger partial charge in [-0.2, -0.15) is 0 Å². The summed E-state index contributed by atoms with van der Waals surface area (Å²) in [5.74, 6) is 0.369. The Bertz CT molecular complexity index is 406. The van der Waals surface area contributed by atoms with E-state index < -0.39 is 0 Å². The second kappa shape index (κ2) is 9.59. The van der Waals surface area contributed by atoms with E-state index in [4.69, 9.17) is 4.74 Å².